The molecule has 160 valence electrons. The SMILES string of the molecule is CCOC(=O)CCSC1=C(SC)S/C(=C2\SC(C=S)=C(SCCCOC=O)S2)S1. The number of esters is 1. The van der Waals surface area contributed by atoms with Crippen LogP contribution < -0.4 is 0 Å². The maximum atomic E-state index is 11.6. The van der Waals surface area contributed by atoms with Gasteiger partial charge in [-0.15, -0.1) is 35.3 Å². The fourth-order valence-electron chi connectivity index (χ4n) is 1.94. The van der Waals surface area contributed by atoms with Gasteiger partial charge >= 0.3 is 5.97 Å². The van der Waals surface area contributed by atoms with Crippen LogP contribution in [0.25, 0.3) is 0 Å². The molecule has 0 atom stereocenters. The molecular formula is C17H20O4S8. The summed E-state index contributed by atoms with van der Waals surface area (Å²) in [4.78, 5) is 22.9. The highest BCUT2D eigenvalue weighted by atomic mass is 32.3. The summed E-state index contributed by atoms with van der Waals surface area (Å²) in [5, 5.41) is 1.75. The molecule has 2 rings (SSSR count). The Morgan fingerprint density at radius 2 is 1.76 bits per heavy atom. The molecule has 4 nitrogen and oxygen atoms in total. The average molecular weight is 545 g/mol. The molecule has 0 amide bonds. The van der Waals surface area contributed by atoms with Crippen molar-refractivity contribution in [3.05, 3.63) is 26.1 Å². The average Bonchev–Trinajstić information content (AvgIpc) is 3.31. The van der Waals surface area contributed by atoms with E-state index in [1.54, 1.807) is 87.7 Å². The Kier molecular flexibility index (Phi) is 13.2. The molecule has 2 heterocycles. The largest absolute Gasteiger partial charge is 0.468 e. The first-order valence-corrected chi connectivity index (χ1v) is 15.5. The standard InChI is InChI=1S/C17H20O4S8/c1-3-21-12(19)5-8-25-15-14(23-2)28-17(29-15)16-26-11(9-22)13(27-16)24-7-4-6-20-10-18/h9-10H,3-8H2,1-2H3/b17-16-. The van der Waals surface area contributed by atoms with E-state index in [9.17, 15) is 9.59 Å². The van der Waals surface area contributed by atoms with Crippen LogP contribution in [0.1, 0.15) is 19.8 Å². The third-order valence-electron chi connectivity index (χ3n) is 3.14. The summed E-state index contributed by atoms with van der Waals surface area (Å²) < 4.78 is 16.0. The van der Waals surface area contributed by atoms with Crippen molar-refractivity contribution >= 4 is 112 Å². The lowest BCUT2D eigenvalue weighted by molar-refractivity contribution is -0.142. The van der Waals surface area contributed by atoms with E-state index in [4.69, 9.17) is 21.7 Å². The predicted molar refractivity (Wildman–Crippen MR) is 141 cm³/mol. The summed E-state index contributed by atoms with van der Waals surface area (Å²) in [6.07, 6.45) is 3.33. The van der Waals surface area contributed by atoms with E-state index < -0.39 is 0 Å². The summed E-state index contributed by atoms with van der Waals surface area (Å²) in [5.41, 5.74) is 0. The Morgan fingerprint density at radius 1 is 1.07 bits per heavy atom. The second-order valence-electron chi connectivity index (χ2n) is 5.10. The van der Waals surface area contributed by atoms with Crippen LogP contribution in [0.2, 0.25) is 0 Å². The van der Waals surface area contributed by atoms with Crippen molar-refractivity contribution in [2.24, 2.45) is 0 Å². The number of carbonyl (C=O) groups is 2. The van der Waals surface area contributed by atoms with Gasteiger partial charge in [0.05, 0.1) is 40.8 Å². The maximum absolute atomic E-state index is 11.6. The second-order valence-corrected chi connectivity index (χ2v) is 13.8. The zero-order valence-corrected chi connectivity index (χ0v) is 22.3. The van der Waals surface area contributed by atoms with Gasteiger partial charge in [-0.05, 0) is 19.6 Å². The number of thiocarbonyl (C=S) groups is 1. The van der Waals surface area contributed by atoms with Crippen molar-refractivity contribution < 1.29 is 19.1 Å². The van der Waals surface area contributed by atoms with Crippen molar-refractivity contribution in [3.63, 3.8) is 0 Å². The summed E-state index contributed by atoms with van der Waals surface area (Å²) in [5.74, 6) is 1.47. The van der Waals surface area contributed by atoms with Gasteiger partial charge in [0.25, 0.3) is 6.47 Å². The molecule has 2 aliphatic heterocycles. The van der Waals surface area contributed by atoms with E-state index in [1.165, 1.54) is 21.2 Å². The minimum atomic E-state index is -0.141. The molecule has 0 unspecified atom stereocenters. The zero-order chi connectivity index (χ0) is 21.1. The van der Waals surface area contributed by atoms with E-state index >= 15 is 0 Å². The van der Waals surface area contributed by atoms with Crippen molar-refractivity contribution in [1.29, 1.82) is 0 Å². The molecule has 0 bridgehead atoms. The van der Waals surface area contributed by atoms with Gasteiger partial charge in [0.1, 0.15) is 0 Å². The summed E-state index contributed by atoms with van der Waals surface area (Å²) in [6.45, 7) is 3.19. The van der Waals surface area contributed by atoms with Gasteiger partial charge in [-0.25, -0.2) is 0 Å². The van der Waals surface area contributed by atoms with Crippen LogP contribution in [0.4, 0.5) is 0 Å². The molecule has 12 heteroatoms. The molecule has 0 aromatic carbocycles. The monoisotopic (exact) mass is 544 g/mol. The lowest BCUT2D eigenvalue weighted by Crippen LogP contribution is -2.04. The van der Waals surface area contributed by atoms with Crippen LogP contribution >= 0.6 is 94.6 Å². The molecule has 0 saturated heterocycles. The fourth-order valence-corrected chi connectivity index (χ4v) is 12.0. The van der Waals surface area contributed by atoms with E-state index in [0.717, 1.165) is 22.8 Å². The first kappa shape index (κ1) is 26.0. The van der Waals surface area contributed by atoms with E-state index in [2.05, 4.69) is 6.26 Å². The van der Waals surface area contributed by atoms with Crippen LogP contribution in [-0.4, -0.2) is 48.8 Å². The third-order valence-corrected chi connectivity index (χ3v) is 13.5. The number of carbonyl (C=O) groups excluding carboxylic acids is 2. The van der Waals surface area contributed by atoms with Crippen LogP contribution in [0.3, 0.4) is 0 Å². The lowest BCUT2D eigenvalue weighted by atomic mass is 10.5. The zero-order valence-electron chi connectivity index (χ0n) is 15.8. The molecule has 0 aromatic rings. The van der Waals surface area contributed by atoms with Gasteiger partial charge in [-0.3, -0.25) is 9.59 Å². The molecule has 0 N–H and O–H groups in total. The first-order chi connectivity index (χ1) is 14.1. The molecule has 0 spiro atoms. The summed E-state index contributed by atoms with van der Waals surface area (Å²) in [6, 6.07) is 0. The van der Waals surface area contributed by atoms with Crippen molar-refractivity contribution in [2.45, 2.75) is 19.8 Å². The third kappa shape index (κ3) is 8.63. The molecule has 0 fully saturated rings. The smallest absolute Gasteiger partial charge is 0.306 e. The lowest BCUT2D eigenvalue weighted by Gasteiger charge is -2.04. The van der Waals surface area contributed by atoms with E-state index in [0.29, 0.717) is 26.1 Å². The number of rotatable bonds is 13. The summed E-state index contributed by atoms with van der Waals surface area (Å²) >= 11 is 17.5. The minimum Gasteiger partial charge on any atom is -0.468 e. The summed E-state index contributed by atoms with van der Waals surface area (Å²) in [7, 11) is 0. The van der Waals surface area contributed by atoms with Crippen LogP contribution in [0, 0.1) is 0 Å². The molecule has 0 saturated carbocycles. The normalized spacial score (nSPS) is 19.1. The van der Waals surface area contributed by atoms with Crippen molar-refractivity contribution in [2.75, 3.05) is 31.0 Å². The second kappa shape index (κ2) is 14.7. The molecule has 0 radical (unpaired) electrons. The van der Waals surface area contributed by atoms with Crippen LogP contribution in [0.15, 0.2) is 26.1 Å². The Balaban J connectivity index is 1.91. The maximum Gasteiger partial charge on any atom is 0.306 e. The highest BCUT2D eigenvalue weighted by Gasteiger charge is 2.29. The number of hydrogen-bond acceptors (Lipinski definition) is 12. The quantitative estimate of drug-likeness (QED) is 0.107. The molecular weight excluding hydrogens is 525 g/mol. The van der Waals surface area contributed by atoms with Crippen LogP contribution in [0.5, 0.6) is 0 Å². The molecule has 0 aliphatic carbocycles. The van der Waals surface area contributed by atoms with Gasteiger partial charge in [0.15, 0.2) is 0 Å². The van der Waals surface area contributed by atoms with Gasteiger partial charge in [-0.2, -0.15) is 0 Å². The number of hydrogen-bond donors (Lipinski definition) is 0. The Labute approximate surface area is 206 Å². The Bertz CT molecular complexity index is 716. The van der Waals surface area contributed by atoms with Gasteiger partial charge in [-0.1, -0.05) is 59.3 Å². The predicted octanol–water partition coefficient (Wildman–Crippen LogP) is 6.71. The first-order valence-electron chi connectivity index (χ1n) is 8.52. The van der Waals surface area contributed by atoms with E-state index in [1.807, 2.05) is 6.92 Å². The highest BCUT2D eigenvalue weighted by molar-refractivity contribution is 8.43. The van der Waals surface area contributed by atoms with Crippen LogP contribution in [-0.2, 0) is 19.1 Å². The Morgan fingerprint density at radius 3 is 2.45 bits per heavy atom. The molecule has 29 heavy (non-hydrogen) atoms. The minimum absolute atomic E-state index is 0.141. The van der Waals surface area contributed by atoms with E-state index in [-0.39, 0.29) is 5.97 Å². The fraction of sp³-hybridized carbons (Fsp3) is 0.471. The van der Waals surface area contributed by atoms with Crippen molar-refractivity contribution in [1.82, 2.24) is 0 Å². The number of thioether (sulfide) groups is 7. The molecule has 2 aliphatic rings. The van der Waals surface area contributed by atoms with Gasteiger partial charge in [0, 0.05) is 21.8 Å². The highest BCUT2D eigenvalue weighted by Crippen LogP contribution is 2.64. The van der Waals surface area contributed by atoms with Gasteiger partial charge < -0.3 is 9.47 Å². The number of allylic oxidation sites excluding steroid dienone is 1. The Hall–Kier alpha value is 0.700. The number of ether oxygens (including phenoxy) is 2. The van der Waals surface area contributed by atoms with Crippen molar-refractivity contribution in [3.8, 4) is 0 Å². The topological polar surface area (TPSA) is 52.6 Å². The van der Waals surface area contributed by atoms with Gasteiger partial charge in [0.2, 0.25) is 0 Å². The molecule has 0 aromatic heterocycles.